The Morgan fingerprint density at radius 2 is 0.986 bits per heavy atom. The number of imidazole rings is 2. The number of rotatable bonds is 17. The van der Waals surface area contributed by atoms with Crippen molar-refractivity contribution in [2.75, 3.05) is 6.61 Å². The summed E-state index contributed by atoms with van der Waals surface area (Å²) in [7, 11) is 0. The third-order valence-electron chi connectivity index (χ3n) is 10.4. The first-order valence-corrected chi connectivity index (χ1v) is 22.2. The van der Waals surface area contributed by atoms with Crippen LogP contribution in [0, 0.1) is 11.6 Å². The van der Waals surface area contributed by atoms with Crippen molar-refractivity contribution in [3.05, 3.63) is 133 Å². The molecular formula is C52H59F2N6NaO8. The minimum Gasteiger partial charge on any atom is -0.550 e. The predicted octanol–water partition coefficient (Wildman–Crippen LogP) is 4.36. The van der Waals surface area contributed by atoms with Crippen LogP contribution in [-0.2, 0) is 25.2 Å². The summed E-state index contributed by atoms with van der Waals surface area (Å²) in [6.45, 7) is 14.0. The number of carboxylic acids is 1. The topological polar surface area (TPSA) is 209 Å². The van der Waals surface area contributed by atoms with Crippen molar-refractivity contribution in [2.45, 2.75) is 109 Å². The van der Waals surface area contributed by atoms with Gasteiger partial charge in [0.25, 0.3) is 0 Å². The Bertz CT molecular complexity index is 2640. The number of halogens is 2. The van der Waals surface area contributed by atoms with Crippen LogP contribution in [0.5, 0.6) is 0 Å². The minimum absolute atomic E-state index is 0. The molecule has 0 saturated heterocycles. The van der Waals surface area contributed by atoms with Gasteiger partial charge in [0, 0.05) is 95.5 Å². The number of carbonyl (C=O) groups is 2. The van der Waals surface area contributed by atoms with E-state index in [0.717, 1.165) is 39.5 Å². The van der Waals surface area contributed by atoms with E-state index in [2.05, 4.69) is 9.97 Å². The number of carbonyl (C=O) groups excluding carboxylic acids is 2. The number of esters is 1. The number of hydrogen-bond acceptors (Lipinski definition) is 12. The van der Waals surface area contributed by atoms with E-state index in [9.17, 15) is 43.9 Å². The van der Waals surface area contributed by atoms with E-state index in [1.807, 2.05) is 74.9 Å². The first-order valence-electron chi connectivity index (χ1n) is 22.2. The van der Waals surface area contributed by atoms with Gasteiger partial charge in [-0.05, 0) is 91.9 Å². The summed E-state index contributed by atoms with van der Waals surface area (Å²) < 4.78 is 35.8. The SMILES string of the molecule is CC(C)(C)c1nc(-c2ccc(F)cc2)c(-c2ccncc2)n1/C=C/[C@@H](O)C[C@@H](O)CC(=O)[O-].CCOC(=O)C[C@H](O)C[C@H](O)/C=C/n1c(C(C)(C)C)nc(-c2ccc(F)cc2)c1-c1ccncc1.[Na+]. The van der Waals surface area contributed by atoms with Crippen LogP contribution in [0.2, 0.25) is 0 Å². The minimum atomic E-state index is -1.38. The van der Waals surface area contributed by atoms with Gasteiger partial charge in [0.15, 0.2) is 0 Å². The van der Waals surface area contributed by atoms with Crippen LogP contribution in [0.3, 0.4) is 0 Å². The van der Waals surface area contributed by atoms with Gasteiger partial charge in [-0.15, -0.1) is 0 Å². The molecule has 0 amide bonds. The molecular weight excluding hydrogens is 898 g/mol. The van der Waals surface area contributed by atoms with Crippen molar-refractivity contribution in [3.63, 3.8) is 0 Å². The molecule has 0 aliphatic heterocycles. The molecule has 360 valence electrons. The molecule has 14 nitrogen and oxygen atoms in total. The van der Waals surface area contributed by atoms with Crippen LogP contribution >= 0.6 is 0 Å². The standard InChI is InChI=1S/C27H32FN3O4.C25H28FN3O4.Na/c1-5-35-23(34)17-22(33)16-21(32)12-15-31-25(19-10-13-29-14-11-19)24(30-26(31)27(2,3)4)18-6-8-20(28)9-7-18;1-25(2,3)24-28-22(16-4-6-18(26)7-5-16)23(17-8-11-27-12-9-17)29(24)13-10-19(30)14-20(31)15-21(32)33;/h6-15,21-22,32-33H,5,16-17H2,1-4H3;4-13,19-20,30-31H,14-15H2,1-3H3,(H,32,33);/q;;+1/p-1/b15-12+;13-10+;/t21-,22-;19-,20-;/m11./s1. The van der Waals surface area contributed by atoms with E-state index in [-0.39, 0.29) is 77.9 Å². The molecule has 0 fully saturated rings. The molecule has 4 aromatic heterocycles. The van der Waals surface area contributed by atoms with Crippen molar-refractivity contribution in [3.8, 4) is 45.0 Å². The summed E-state index contributed by atoms with van der Waals surface area (Å²) in [6, 6.07) is 19.6. The molecule has 0 radical (unpaired) electrons. The molecule has 0 aliphatic carbocycles. The maximum absolute atomic E-state index is 13.6. The molecule has 2 aromatic carbocycles. The summed E-state index contributed by atoms with van der Waals surface area (Å²) in [5.74, 6) is -1.14. The molecule has 0 bridgehead atoms. The van der Waals surface area contributed by atoms with Gasteiger partial charge in [-0.3, -0.25) is 14.8 Å². The van der Waals surface area contributed by atoms with Gasteiger partial charge in [0.05, 0.1) is 60.2 Å². The zero-order valence-electron chi connectivity index (χ0n) is 40.3. The van der Waals surface area contributed by atoms with Crippen molar-refractivity contribution in [2.24, 2.45) is 0 Å². The first-order chi connectivity index (χ1) is 32.2. The fourth-order valence-corrected chi connectivity index (χ4v) is 7.26. The van der Waals surface area contributed by atoms with E-state index in [0.29, 0.717) is 17.2 Å². The molecule has 17 heteroatoms. The van der Waals surface area contributed by atoms with Crippen molar-refractivity contribution >= 4 is 24.3 Å². The molecule has 6 rings (SSSR count). The summed E-state index contributed by atoms with van der Waals surface area (Å²) in [5.41, 5.74) is 5.21. The molecule has 4 N–H and O–H groups in total. The average Bonchev–Trinajstić information content (AvgIpc) is 3.86. The summed E-state index contributed by atoms with van der Waals surface area (Å²) in [6.07, 6.45) is 7.83. The fraction of sp³-hybridized carbons (Fsp3) is 0.346. The Morgan fingerprint density at radius 1 is 0.623 bits per heavy atom. The summed E-state index contributed by atoms with van der Waals surface area (Å²) in [5, 5.41) is 51.5. The first kappa shape index (κ1) is 55.9. The number of nitrogens with zero attached hydrogens (tertiary/aromatic N) is 6. The zero-order valence-corrected chi connectivity index (χ0v) is 42.3. The van der Waals surface area contributed by atoms with E-state index in [1.165, 1.54) is 30.3 Å². The third-order valence-corrected chi connectivity index (χ3v) is 10.4. The molecule has 6 aromatic rings. The quantitative estimate of drug-likeness (QED) is 0.0743. The monoisotopic (exact) mass is 956 g/mol. The van der Waals surface area contributed by atoms with Crippen LogP contribution in [0.15, 0.2) is 110 Å². The fourth-order valence-electron chi connectivity index (χ4n) is 7.26. The van der Waals surface area contributed by atoms with E-state index in [4.69, 9.17) is 14.7 Å². The molecule has 4 atom stereocenters. The number of pyridine rings is 2. The number of aliphatic hydroxyl groups excluding tert-OH is 4. The Labute approximate surface area is 423 Å². The Balaban J connectivity index is 0.000000297. The van der Waals surface area contributed by atoms with Gasteiger partial charge in [-0.2, -0.15) is 0 Å². The Morgan fingerprint density at radius 3 is 1.32 bits per heavy atom. The van der Waals surface area contributed by atoms with Gasteiger partial charge in [-0.1, -0.05) is 41.5 Å². The normalized spacial score (nSPS) is 13.6. The largest absolute Gasteiger partial charge is 1.00 e. The maximum Gasteiger partial charge on any atom is 1.00 e. The van der Waals surface area contributed by atoms with E-state index >= 15 is 0 Å². The average molecular weight is 957 g/mol. The van der Waals surface area contributed by atoms with Crippen LogP contribution < -0.4 is 34.7 Å². The second-order valence-corrected chi connectivity index (χ2v) is 18.2. The van der Waals surface area contributed by atoms with Crippen molar-refractivity contribution in [1.29, 1.82) is 0 Å². The van der Waals surface area contributed by atoms with Crippen LogP contribution in [0.4, 0.5) is 8.78 Å². The molecule has 0 aliphatic rings. The molecule has 0 spiro atoms. The van der Waals surface area contributed by atoms with Crippen LogP contribution in [0.1, 0.15) is 85.8 Å². The van der Waals surface area contributed by atoms with Crippen LogP contribution in [-0.4, -0.2) is 92.5 Å². The number of benzene rings is 2. The summed E-state index contributed by atoms with van der Waals surface area (Å²) >= 11 is 0. The number of hydrogen-bond donors (Lipinski definition) is 4. The number of ether oxygens (including phenoxy) is 1. The van der Waals surface area contributed by atoms with Gasteiger partial charge >= 0.3 is 35.5 Å². The maximum atomic E-state index is 13.6. The van der Waals surface area contributed by atoms with Crippen molar-refractivity contribution < 1.29 is 78.2 Å². The van der Waals surface area contributed by atoms with Gasteiger partial charge < -0.3 is 44.2 Å². The number of aliphatic carboxylic acids is 1. The van der Waals surface area contributed by atoms with E-state index < -0.39 is 42.8 Å². The molecule has 69 heavy (non-hydrogen) atoms. The number of aliphatic hydroxyl groups is 4. The van der Waals surface area contributed by atoms with Gasteiger partial charge in [0.1, 0.15) is 23.3 Å². The van der Waals surface area contributed by atoms with E-state index in [1.54, 1.807) is 74.5 Å². The molecule has 0 saturated carbocycles. The number of aromatic nitrogens is 6. The molecule has 4 heterocycles. The summed E-state index contributed by atoms with van der Waals surface area (Å²) in [4.78, 5) is 40.3. The van der Waals surface area contributed by atoms with Gasteiger partial charge in [-0.25, -0.2) is 18.7 Å². The Hall–Kier alpha value is -5.72. The van der Waals surface area contributed by atoms with Gasteiger partial charge in [0.2, 0.25) is 0 Å². The molecule has 0 unspecified atom stereocenters. The second kappa shape index (κ2) is 25.2. The van der Waals surface area contributed by atoms with Crippen LogP contribution in [0.25, 0.3) is 57.4 Å². The Kier molecular flexibility index (Phi) is 20.4. The van der Waals surface area contributed by atoms with Crippen molar-refractivity contribution in [1.82, 2.24) is 29.1 Å². The predicted molar refractivity (Wildman–Crippen MR) is 254 cm³/mol. The second-order valence-electron chi connectivity index (χ2n) is 18.2. The third kappa shape index (κ3) is 15.9. The number of carboxylic acid groups (broad SMARTS) is 1. The zero-order chi connectivity index (χ0) is 49.8. The smallest absolute Gasteiger partial charge is 0.550 e.